The lowest BCUT2D eigenvalue weighted by Gasteiger charge is -2.28. The summed E-state index contributed by atoms with van der Waals surface area (Å²) in [7, 11) is 0. The molecule has 30 heavy (non-hydrogen) atoms. The number of halogens is 2. The lowest BCUT2D eigenvalue weighted by molar-refractivity contribution is -0.129. The molecule has 0 radical (unpaired) electrons. The number of amides is 2. The summed E-state index contributed by atoms with van der Waals surface area (Å²) in [6, 6.07) is 6.42. The molecule has 2 aliphatic carbocycles. The smallest absolute Gasteiger partial charge is 0.340 e. The first-order valence-electron chi connectivity index (χ1n) is 9.99. The molecule has 3 fully saturated rings. The van der Waals surface area contributed by atoms with E-state index in [1.807, 2.05) is 0 Å². The monoisotopic (exact) mass is 539 g/mol. The van der Waals surface area contributed by atoms with Crippen molar-refractivity contribution in [2.24, 2.45) is 29.1 Å². The Balaban J connectivity index is 1.60. The lowest BCUT2D eigenvalue weighted by Crippen LogP contribution is -2.37. The van der Waals surface area contributed by atoms with Gasteiger partial charge in [0, 0.05) is 15.1 Å². The Kier molecular flexibility index (Phi) is 5.46. The van der Waals surface area contributed by atoms with Gasteiger partial charge in [0.15, 0.2) is 12.4 Å². The lowest BCUT2D eigenvalue weighted by atomic mass is 9.81. The molecule has 1 aliphatic heterocycles. The Morgan fingerprint density at radius 1 is 1.03 bits per heavy atom. The molecular weight excluding hydrogens is 518 g/mol. The number of esters is 1. The number of benzene rings is 1. The Morgan fingerprint density at radius 3 is 2.10 bits per heavy atom. The van der Waals surface area contributed by atoms with Crippen LogP contribution in [0.4, 0.5) is 5.69 Å². The molecule has 1 heterocycles. The van der Waals surface area contributed by atoms with Crippen molar-refractivity contribution in [2.75, 3.05) is 11.5 Å². The number of hydrogen-bond acceptors (Lipinski definition) is 5. The molecule has 6 atom stereocenters. The number of carbonyl (C=O) groups excluding carboxylic acids is 4. The second-order valence-corrected chi connectivity index (χ2v) is 11.4. The fraction of sp³-hybridized carbons (Fsp3) is 0.545. The number of hydrogen-bond donors (Lipinski definition) is 0. The van der Waals surface area contributed by atoms with E-state index in [1.54, 1.807) is 39.0 Å². The van der Waals surface area contributed by atoms with Crippen molar-refractivity contribution in [3.05, 3.63) is 29.8 Å². The molecule has 2 amide bonds. The van der Waals surface area contributed by atoms with Gasteiger partial charge < -0.3 is 4.74 Å². The molecule has 8 heteroatoms. The molecule has 4 rings (SSSR count). The second kappa shape index (κ2) is 7.55. The summed E-state index contributed by atoms with van der Waals surface area (Å²) in [5, 5.41) is 0. The molecule has 2 saturated carbocycles. The van der Waals surface area contributed by atoms with E-state index in [2.05, 4.69) is 31.9 Å². The highest BCUT2D eigenvalue weighted by molar-refractivity contribution is 9.12. The fourth-order valence-electron chi connectivity index (χ4n) is 4.85. The van der Waals surface area contributed by atoms with Gasteiger partial charge in [-0.1, -0.05) is 64.8 Å². The molecule has 0 unspecified atom stereocenters. The minimum absolute atomic E-state index is 0.0920. The number of Topliss-reactive ketones (excluding diaryl/α,β-unsaturated/α-hetero) is 1. The van der Waals surface area contributed by atoms with E-state index < -0.39 is 11.4 Å². The molecule has 0 spiro atoms. The molecule has 6 nitrogen and oxygen atoms in total. The molecule has 2 bridgehead atoms. The maximum absolute atomic E-state index is 13.3. The quantitative estimate of drug-likeness (QED) is 0.330. The van der Waals surface area contributed by atoms with Gasteiger partial charge in [-0.3, -0.25) is 14.4 Å². The van der Waals surface area contributed by atoms with Crippen LogP contribution in [0.5, 0.6) is 0 Å². The minimum atomic E-state index is -0.722. The standard InChI is InChI=1S/C22H23Br2NO5/c1-22(2,3)14(26)9-30-21(29)10-6-4-5-7-13(10)25-19(27)15-11-8-12(16(15)20(25)28)18(24)17(11)23/h4-7,11-12,15-18H,8-9H2,1-3H3/t11-,12+,15-,16-,17-,18+/m0/s1. The maximum Gasteiger partial charge on any atom is 0.340 e. The van der Waals surface area contributed by atoms with Crippen LogP contribution in [0.25, 0.3) is 0 Å². The van der Waals surface area contributed by atoms with E-state index in [-0.39, 0.29) is 68.8 Å². The van der Waals surface area contributed by atoms with Crippen LogP contribution in [-0.4, -0.2) is 39.8 Å². The number of ether oxygens (including phenoxy) is 1. The number of nitrogens with zero attached hydrogens (tertiary/aromatic N) is 1. The third-order valence-electron chi connectivity index (χ3n) is 6.52. The molecule has 0 N–H and O–H groups in total. The number of imide groups is 1. The number of rotatable bonds is 4. The third-order valence-corrected chi connectivity index (χ3v) is 9.73. The van der Waals surface area contributed by atoms with Crippen molar-refractivity contribution in [3.63, 3.8) is 0 Å². The van der Waals surface area contributed by atoms with Crippen molar-refractivity contribution < 1.29 is 23.9 Å². The van der Waals surface area contributed by atoms with E-state index in [0.717, 1.165) is 11.3 Å². The van der Waals surface area contributed by atoms with E-state index in [4.69, 9.17) is 4.74 Å². The summed E-state index contributed by atoms with van der Waals surface area (Å²) < 4.78 is 5.22. The zero-order chi connectivity index (χ0) is 22.0. The van der Waals surface area contributed by atoms with Gasteiger partial charge in [0.25, 0.3) is 0 Å². The number of ketones is 1. The summed E-state index contributed by atoms with van der Waals surface area (Å²) in [5.74, 6) is -2.00. The predicted octanol–water partition coefficient (Wildman–Crippen LogP) is 3.74. The number of carbonyl (C=O) groups is 4. The van der Waals surface area contributed by atoms with Crippen molar-refractivity contribution >= 4 is 61.1 Å². The second-order valence-electron chi connectivity index (χ2n) is 9.28. The zero-order valence-electron chi connectivity index (χ0n) is 16.9. The molecule has 1 aromatic rings. The minimum Gasteiger partial charge on any atom is -0.454 e. The van der Waals surface area contributed by atoms with Crippen molar-refractivity contribution in [2.45, 2.75) is 36.8 Å². The van der Waals surface area contributed by atoms with Crippen molar-refractivity contribution in [1.82, 2.24) is 0 Å². The molecule has 3 aliphatic rings. The van der Waals surface area contributed by atoms with Crippen molar-refractivity contribution in [3.8, 4) is 0 Å². The van der Waals surface area contributed by atoms with E-state index in [1.165, 1.54) is 6.07 Å². The largest absolute Gasteiger partial charge is 0.454 e. The fourth-order valence-corrected chi connectivity index (χ4v) is 6.73. The van der Waals surface area contributed by atoms with Crippen LogP contribution >= 0.6 is 31.9 Å². The first kappa shape index (κ1) is 21.7. The van der Waals surface area contributed by atoms with Crippen LogP contribution in [0.3, 0.4) is 0 Å². The summed E-state index contributed by atoms with van der Waals surface area (Å²) >= 11 is 7.35. The van der Waals surface area contributed by atoms with Crippen LogP contribution in [0, 0.1) is 29.1 Å². The number of anilines is 1. The Labute approximate surface area is 192 Å². The van der Waals surface area contributed by atoms with Gasteiger partial charge in [0.1, 0.15) is 0 Å². The highest BCUT2D eigenvalue weighted by Crippen LogP contribution is 2.60. The molecular formula is C22H23Br2NO5. The van der Waals surface area contributed by atoms with E-state index in [9.17, 15) is 19.2 Å². The summed E-state index contributed by atoms with van der Waals surface area (Å²) in [5.41, 5.74) is -0.290. The van der Waals surface area contributed by atoms with Crippen LogP contribution < -0.4 is 4.90 Å². The normalized spacial score (nSPS) is 32.5. The van der Waals surface area contributed by atoms with Gasteiger partial charge in [-0.2, -0.15) is 0 Å². The molecule has 160 valence electrons. The number of para-hydroxylation sites is 1. The van der Waals surface area contributed by atoms with Crippen molar-refractivity contribution in [1.29, 1.82) is 0 Å². The zero-order valence-corrected chi connectivity index (χ0v) is 20.1. The molecule has 0 aromatic heterocycles. The summed E-state index contributed by atoms with van der Waals surface area (Å²) in [4.78, 5) is 52.8. The Hall–Kier alpha value is -1.54. The number of alkyl halides is 2. The SMILES string of the molecule is CC(C)(C)C(=O)COC(=O)c1ccccc1N1C(=O)[C@H]2[C@@H]3C[C@@H]([C@@H](Br)[C@H]3Br)[C@@H]2C1=O. The van der Waals surface area contributed by atoms with Gasteiger partial charge in [-0.05, 0) is 30.4 Å². The van der Waals surface area contributed by atoms with Gasteiger partial charge in [-0.15, -0.1) is 0 Å². The molecule has 1 saturated heterocycles. The van der Waals surface area contributed by atoms with Gasteiger partial charge >= 0.3 is 5.97 Å². The number of fused-ring (bicyclic) bond motifs is 5. The highest BCUT2D eigenvalue weighted by Gasteiger charge is 2.66. The van der Waals surface area contributed by atoms with Gasteiger partial charge in [0.2, 0.25) is 11.8 Å². The van der Waals surface area contributed by atoms with E-state index >= 15 is 0 Å². The van der Waals surface area contributed by atoms with Crippen LogP contribution in [0.15, 0.2) is 24.3 Å². The van der Waals surface area contributed by atoms with Gasteiger partial charge in [-0.25, -0.2) is 9.69 Å². The first-order chi connectivity index (χ1) is 14.0. The highest BCUT2D eigenvalue weighted by atomic mass is 79.9. The first-order valence-corrected chi connectivity index (χ1v) is 11.8. The topological polar surface area (TPSA) is 80.8 Å². The average Bonchev–Trinajstić information content (AvgIpc) is 3.30. The van der Waals surface area contributed by atoms with Crippen LogP contribution in [-0.2, 0) is 19.1 Å². The van der Waals surface area contributed by atoms with Crippen LogP contribution in [0.1, 0.15) is 37.6 Å². The predicted molar refractivity (Wildman–Crippen MR) is 118 cm³/mol. The average molecular weight is 541 g/mol. The van der Waals surface area contributed by atoms with E-state index in [0.29, 0.717) is 0 Å². The Morgan fingerprint density at radius 2 is 1.57 bits per heavy atom. The van der Waals surface area contributed by atoms with Crippen LogP contribution in [0.2, 0.25) is 0 Å². The maximum atomic E-state index is 13.3. The third kappa shape index (κ3) is 3.27. The Bertz CT molecular complexity index is 908. The molecule has 1 aromatic carbocycles. The summed E-state index contributed by atoms with van der Waals surface area (Å²) in [6.07, 6.45) is 0.838. The summed E-state index contributed by atoms with van der Waals surface area (Å²) in [6.45, 7) is 4.89. The van der Waals surface area contributed by atoms with Gasteiger partial charge in [0.05, 0.1) is 23.1 Å².